The van der Waals surface area contributed by atoms with Crippen LogP contribution in [0.5, 0.6) is 5.75 Å². The quantitative estimate of drug-likeness (QED) is 0.703. The van der Waals surface area contributed by atoms with Crippen molar-refractivity contribution in [2.24, 2.45) is 23.2 Å². The molecule has 0 unspecified atom stereocenters. The molecule has 6 heteroatoms. The smallest absolute Gasteiger partial charge is 0.356 e. The van der Waals surface area contributed by atoms with E-state index in [1.165, 1.54) is 50.6 Å². The molecule has 0 amide bonds. The Hall–Kier alpha value is -2.50. The predicted molar refractivity (Wildman–Crippen MR) is 104 cm³/mol. The normalized spacial score (nSPS) is 29.8. The summed E-state index contributed by atoms with van der Waals surface area (Å²) in [6.07, 6.45) is 6.72. The van der Waals surface area contributed by atoms with Gasteiger partial charge in [-0.25, -0.2) is 14.2 Å². The van der Waals surface area contributed by atoms with Crippen LogP contribution in [0.3, 0.4) is 0 Å². The summed E-state index contributed by atoms with van der Waals surface area (Å²) in [5, 5.41) is 0.441. The second-order valence-electron chi connectivity index (χ2n) is 9.07. The number of Topliss-reactive ketones (excluding diaryl/α,β-unsaturated/α-hetero) is 1. The lowest BCUT2D eigenvalue weighted by Gasteiger charge is -2.55. The standard InChI is InChI=1S/C23H24FNO4/c1-28-22(27)19-8-20(17-7-16(24)2-3-18(17)25-19)29-12-21(26)23-9-13-4-14(10-23)6-15(5-13)11-23/h2-3,7-8,13-15H,4-6,9-12H2,1H3. The first kappa shape index (κ1) is 18.5. The third-order valence-corrected chi connectivity index (χ3v) is 7.12. The third-order valence-electron chi connectivity index (χ3n) is 7.12. The topological polar surface area (TPSA) is 65.5 Å². The average Bonchev–Trinajstić information content (AvgIpc) is 2.70. The maximum atomic E-state index is 13.8. The van der Waals surface area contributed by atoms with Crippen molar-refractivity contribution < 1.29 is 23.5 Å². The minimum absolute atomic E-state index is 0.0671. The Labute approximate surface area is 168 Å². The lowest BCUT2D eigenvalue weighted by molar-refractivity contribution is -0.145. The number of methoxy groups -OCH3 is 1. The molecule has 152 valence electrons. The van der Waals surface area contributed by atoms with Crippen molar-refractivity contribution in [2.75, 3.05) is 13.7 Å². The first-order chi connectivity index (χ1) is 14.0. The van der Waals surface area contributed by atoms with E-state index < -0.39 is 11.8 Å². The molecule has 29 heavy (non-hydrogen) atoms. The average molecular weight is 397 g/mol. The van der Waals surface area contributed by atoms with E-state index in [4.69, 9.17) is 9.47 Å². The van der Waals surface area contributed by atoms with Crippen molar-refractivity contribution in [1.82, 2.24) is 4.98 Å². The van der Waals surface area contributed by atoms with E-state index in [2.05, 4.69) is 4.98 Å². The van der Waals surface area contributed by atoms with Crippen LogP contribution < -0.4 is 4.74 Å². The molecule has 0 N–H and O–H groups in total. The fourth-order valence-corrected chi connectivity index (χ4v) is 6.24. The minimum atomic E-state index is -0.603. The SMILES string of the molecule is COC(=O)c1cc(OCC(=O)C23CC4CC(CC(C4)C2)C3)c2cc(F)ccc2n1. The maximum Gasteiger partial charge on any atom is 0.356 e. The molecule has 6 rings (SSSR count). The summed E-state index contributed by atoms with van der Waals surface area (Å²) >= 11 is 0. The molecule has 0 atom stereocenters. The highest BCUT2D eigenvalue weighted by atomic mass is 19.1. The van der Waals surface area contributed by atoms with Gasteiger partial charge in [0.05, 0.1) is 12.6 Å². The Bertz CT molecular complexity index is 966. The molecule has 4 saturated carbocycles. The fourth-order valence-electron chi connectivity index (χ4n) is 6.24. The Morgan fingerprint density at radius 3 is 2.38 bits per heavy atom. The van der Waals surface area contributed by atoms with Gasteiger partial charge in [-0.3, -0.25) is 4.79 Å². The Morgan fingerprint density at radius 1 is 1.10 bits per heavy atom. The van der Waals surface area contributed by atoms with Crippen LogP contribution >= 0.6 is 0 Å². The van der Waals surface area contributed by atoms with Crippen LogP contribution in [-0.4, -0.2) is 30.5 Å². The number of hydrogen-bond acceptors (Lipinski definition) is 5. The molecule has 4 fully saturated rings. The largest absolute Gasteiger partial charge is 0.485 e. The first-order valence-corrected chi connectivity index (χ1v) is 10.3. The number of carbonyl (C=O) groups is 2. The van der Waals surface area contributed by atoms with Gasteiger partial charge in [-0.2, -0.15) is 0 Å². The van der Waals surface area contributed by atoms with Gasteiger partial charge in [0.25, 0.3) is 0 Å². The highest BCUT2D eigenvalue weighted by Crippen LogP contribution is 2.60. The van der Waals surface area contributed by atoms with Crippen LogP contribution in [0.25, 0.3) is 10.9 Å². The van der Waals surface area contributed by atoms with Gasteiger partial charge in [0, 0.05) is 16.9 Å². The van der Waals surface area contributed by atoms with E-state index in [9.17, 15) is 14.0 Å². The summed E-state index contributed by atoms with van der Waals surface area (Å²) in [6, 6.07) is 5.51. The van der Waals surface area contributed by atoms with E-state index in [1.807, 2.05) is 0 Å². The van der Waals surface area contributed by atoms with E-state index in [0.29, 0.717) is 28.7 Å². The van der Waals surface area contributed by atoms with Crippen LogP contribution in [0.1, 0.15) is 49.0 Å². The van der Waals surface area contributed by atoms with E-state index in [1.54, 1.807) is 0 Å². The Balaban J connectivity index is 1.42. The number of benzene rings is 1. The van der Waals surface area contributed by atoms with Crippen LogP contribution in [0.15, 0.2) is 24.3 Å². The predicted octanol–water partition coefficient (Wildman–Crippen LogP) is 4.32. The van der Waals surface area contributed by atoms with Crippen molar-refractivity contribution in [1.29, 1.82) is 0 Å². The maximum absolute atomic E-state index is 13.8. The number of fused-ring (bicyclic) bond motifs is 1. The summed E-state index contributed by atoms with van der Waals surface area (Å²) in [7, 11) is 1.27. The van der Waals surface area contributed by atoms with E-state index in [0.717, 1.165) is 19.3 Å². The second-order valence-corrected chi connectivity index (χ2v) is 9.07. The van der Waals surface area contributed by atoms with Crippen molar-refractivity contribution >= 4 is 22.7 Å². The number of nitrogens with zero attached hydrogens (tertiary/aromatic N) is 1. The van der Waals surface area contributed by atoms with Gasteiger partial charge >= 0.3 is 5.97 Å². The Morgan fingerprint density at radius 2 is 1.76 bits per heavy atom. The van der Waals surface area contributed by atoms with Gasteiger partial charge in [-0.05, 0) is 74.5 Å². The monoisotopic (exact) mass is 397 g/mol. The lowest BCUT2D eigenvalue weighted by Crippen LogP contribution is -2.51. The zero-order chi connectivity index (χ0) is 20.2. The minimum Gasteiger partial charge on any atom is -0.485 e. The van der Waals surface area contributed by atoms with Crippen molar-refractivity contribution in [3.63, 3.8) is 0 Å². The van der Waals surface area contributed by atoms with Gasteiger partial charge in [-0.15, -0.1) is 0 Å². The first-order valence-electron chi connectivity index (χ1n) is 10.3. The molecule has 1 aromatic heterocycles. The molecule has 5 nitrogen and oxygen atoms in total. The van der Waals surface area contributed by atoms with Crippen molar-refractivity contribution in [3.05, 3.63) is 35.8 Å². The van der Waals surface area contributed by atoms with Gasteiger partial charge in [0.15, 0.2) is 11.5 Å². The highest BCUT2D eigenvalue weighted by Gasteiger charge is 2.54. The summed E-state index contributed by atoms with van der Waals surface area (Å²) in [4.78, 5) is 29.4. The summed E-state index contributed by atoms with van der Waals surface area (Å²) in [6.45, 7) is -0.0671. The molecule has 4 aliphatic carbocycles. The number of esters is 1. The molecular weight excluding hydrogens is 373 g/mol. The van der Waals surface area contributed by atoms with Crippen LogP contribution in [0.2, 0.25) is 0 Å². The number of rotatable bonds is 5. The molecule has 1 heterocycles. The molecular formula is C23H24FNO4. The number of hydrogen-bond donors (Lipinski definition) is 0. The molecule has 0 spiro atoms. The molecule has 1 aromatic carbocycles. The van der Waals surface area contributed by atoms with Gasteiger partial charge in [-0.1, -0.05) is 0 Å². The lowest BCUT2D eigenvalue weighted by atomic mass is 9.48. The fraction of sp³-hybridized carbons (Fsp3) is 0.522. The van der Waals surface area contributed by atoms with Gasteiger partial charge in [0.2, 0.25) is 0 Å². The molecule has 2 aromatic rings. The molecule has 4 aliphatic rings. The van der Waals surface area contributed by atoms with E-state index in [-0.39, 0.29) is 29.2 Å². The molecule has 0 aliphatic heterocycles. The number of halogens is 1. The molecule has 0 saturated heterocycles. The van der Waals surface area contributed by atoms with Crippen LogP contribution in [0, 0.1) is 29.0 Å². The third kappa shape index (κ3) is 3.18. The summed E-state index contributed by atoms with van der Waals surface area (Å²) in [5.74, 6) is 1.41. The Kier molecular flexibility index (Phi) is 4.33. The van der Waals surface area contributed by atoms with Crippen molar-refractivity contribution in [2.45, 2.75) is 38.5 Å². The molecule has 4 bridgehead atoms. The summed E-state index contributed by atoms with van der Waals surface area (Å²) < 4.78 is 24.5. The second kappa shape index (κ2) is 6.78. The van der Waals surface area contributed by atoms with Crippen LogP contribution in [-0.2, 0) is 9.53 Å². The van der Waals surface area contributed by atoms with Crippen molar-refractivity contribution in [3.8, 4) is 5.75 Å². The number of pyridine rings is 1. The number of carbonyl (C=O) groups excluding carboxylic acids is 2. The highest BCUT2D eigenvalue weighted by molar-refractivity contribution is 5.94. The molecule has 0 radical (unpaired) electrons. The van der Waals surface area contributed by atoms with Crippen LogP contribution in [0.4, 0.5) is 4.39 Å². The van der Waals surface area contributed by atoms with E-state index >= 15 is 0 Å². The van der Waals surface area contributed by atoms with Gasteiger partial charge < -0.3 is 9.47 Å². The summed E-state index contributed by atoms with van der Waals surface area (Å²) in [5.41, 5.74) is 0.240. The number of ketones is 1. The zero-order valence-electron chi connectivity index (χ0n) is 16.4. The van der Waals surface area contributed by atoms with Gasteiger partial charge in [0.1, 0.15) is 18.2 Å². The number of aromatic nitrogens is 1. The zero-order valence-corrected chi connectivity index (χ0v) is 16.4. The number of ether oxygens (including phenoxy) is 2.